The molecule has 0 bridgehead atoms. The van der Waals surface area contributed by atoms with Crippen LogP contribution in [-0.2, 0) is 22.9 Å². The van der Waals surface area contributed by atoms with Gasteiger partial charge in [0.05, 0.1) is 13.2 Å². The number of rotatable bonds is 4. The fourth-order valence-electron chi connectivity index (χ4n) is 1.34. The van der Waals surface area contributed by atoms with Gasteiger partial charge in [-0.25, -0.2) is 11.8 Å². The monoisotopic (exact) mass is 282 g/mol. The zero-order chi connectivity index (χ0) is 13.1. The molecule has 0 unspecified atom stereocenters. The summed E-state index contributed by atoms with van der Waals surface area (Å²) < 4.78 is 0. The molecular formula is C14H19ClN2O2. The average molecular weight is 283 g/mol. The topological polar surface area (TPSA) is 70.5 Å². The lowest BCUT2D eigenvalue weighted by Crippen LogP contribution is -1.97. The SMILES string of the molecule is Cl.NOCc1ccccc1.NOCc1ccccc1. The van der Waals surface area contributed by atoms with Gasteiger partial charge in [-0.3, -0.25) is 9.68 Å². The van der Waals surface area contributed by atoms with E-state index in [-0.39, 0.29) is 12.4 Å². The van der Waals surface area contributed by atoms with E-state index in [0.717, 1.165) is 11.1 Å². The maximum absolute atomic E-state index is 4.86. The van der Waals surface area contributed by atoms with E-state index in [2.05, 4.69) is 9.68 Å². The molecule has 5 heteroatoms. The molecule has 2 rings (SSSR count). The van der Waals surface area contributed by atoms with Gasteiger partial charge in [-0.15, -0.1) is 12.4 Å². The number of halogens is 1. The predicted octanol–water partition coefficient (Wildman–Crippen LogP) is 2.58. The van der Waals surface area contributed by atoms with Crippen LogP contribution in [0, 0.1) is 0 Å². The van der Waals surface area contributed by atoms with Gasteiger partial charge in [0.15, 0.2) is 0 Å². The van der Waals surface area contributed by atoms with Crippen molar-refractivity contribution in [3.05, 3.63) is 71.8 Å². The minimum absolute atomic E-state index is 0. The molecule has 0 aliphatic heterocycles. The second-order valence-electron chi connectivity index (χ2n) is 3.59. The van der Waals surface area contributed by atoms with Crippen molar-refractivity contribution in [2.45, 2.75) is 13.2 Å². The first kappa shape index (κ1) is 17.6. The lowest BCUT2D eigenvalue weighted by molar-refractivity contribution is 0.124. The van der Waals surface area contributed by atoms with Gasteiger partial charge in [-0.2, -0.15) is 0 Å². The summed E-state index contributed by atoms with van der Waals surface area (Å²) in [5.74, 6) is 9.72. The lowest BCUT2D eigenvalue weighted by atomic mass is 10.2. The largest absolute Gasteiger partial charge is 0.300 e. The van der Waals surface area contributed by atoms with Gasteiger partial charge in [0.1, 0.15) is 0 Å². The number of hydrogen-bond acceptors (Lipinski definition) is 4. The molecule has 0 aromatic heterocycles. The summed E-state index contributed by atoms with van der Waals surface area (Å²) in [5, 5.41) is 0. The van der Waals surface area contributed by atoms with Gasteiger partial charge >= 0.3 is 0 Å². The third-order valence-electron chi connectivity index (χ3n) is 2.19. The molecule has 0 aliphatic rings. The fraction of sp³-hybridized carbons (Fsp3) is 0.143. The summed E-state index contributed by atoms with van der Waals surface area (Å²) in [6.07, 6.45) is 0. The zero-order valence-corrected chi connectivity index (χ0v) is 11.4. The quantitative estimate of drug-likeness (QED) is 0.846. The molecule has 104 valence electrons. The Kier molecular flexibility index (Phi) is 10.8. The van der Waals surface area contributed by atoms with E-state index in [1.54, 1.807) is 0 Å². The normalized spacial score (nSPS) is 8.95. The fourth-order valence-corrected chi connectivity index (χ4v) is 1.34. The molecule has 19 heavy (non-hydrogen) atoms. The van der Waals surface area contributed by atoms with Crippen molar-refractivity contribution in [1.82, 2.24) is 0 Å². The summed E-state index contributed by atoms with van der Waals surface area (Å²) in [7, 11) is 0. The highest BCUT2D eigenvalue weighted by Crippen LogP contribution is 1.98. The molecule has 4 nitrogen and oxygen atoms in total. The van der Waals surface area contributed by atoms with Crippen molar-refractivity contribution in [2.75, 3.05) is 0 Å². The lowest BCUT2D eigenvalue weighted by Gasteiger charge is -1.94. The third-order valence-corrected chi connectivity index (χ3v) is 2.19. The molecule has 2 aromatic rings. The van der Waals surface area contributed by atoms with Gasteiger partial charge in [0, 0.05) is 0 Å². The second kappa shape index (κ2) is 11.6. The first-order valence-corrected chi connectivity index (χ1v) is 5.58. The van der Waals surface area contributed by atoms with E-state index in [1.165, 1.54) is 0 Å². The highest BCUT2D eigenvalue weighted by Gasteiger charge is 1.86. The number of hydrogen-bond donors (Lipinski definition) is 2. The number of benzene rings is 2. The molecular weight excluding hydrogens is 264 g/mol. The maximum atomic E-state index is 4.86. The highest BCUT2D eigenvalue weighted by atomic mass is 35.5. The summed E-state index contributed by atoms with van der Waals surface area (Å²) >= 11 is 0. The molecule has 0 heterocycles. The van der Waals surface area contributed by atoms with Crippen molar-refractivity contribution >= 4 is 12.4 Å². The van der Waals surface area contributed by atoms with Crippen LogP contribution < -0.4 is 11.8 Å². The van der Waals surface area contributed by atoms with Crippen molar-refractivity contribution in [3.63, 3.8) is 0 Å². The smallest absolute Gasteiger partial charge is 0.0930 e. The van der Waals surface area contributed by atoms with Crippen LogP contribution >= 0.6 is 12.4 Å². The van der Waals surface area contributed by atoms with Gasteiger partial charge in [0.25, 0.3) is 0 Å². The van der Waals surface area contributed by atoms with E-state index in [4.69, 9.17) is 11.8 Å². The number of nitrogens with two attached hydrogens (primary N) is 2. The minimum atomic E-state index is 0. The van der Waals surface area contributed by atoms with Crippen molar-refractivity contribution in [2.24, 2.45) is 11.8 Å². The molecule has 0 amide bonds. The van der Waals surface area contributed by atoms with Gasteiger partial charge in [-0.05, 0) is 11.1 Å². The summed E-state index contributed by atoms with van der Waals surface area (Å²) in [5.41, 5.74) is 2.19. The van der Waals surface area contributed by atoms with Crippen molar-refractivity contribution in [3.8, 4) is 0 Å². The standard InChI is InChI=1S/2C7H9NO.ClH/c2*8-9-6-7-4-2-1-3-5-7;/h2*1-5H,6,8H2;1H. The molecule has 0 saturated carbocycles. The third kappa shape index (κ3) is 8.31. The zero-order valence-electron chi connectivity index (χ0n) is 10.6. The first-order chi connectivity index (χ1) is 8.86. The molecule has 4 N–H and O–H groups in total. The Balaban J connectivity index is 0.000000324. The van der Waals surface area contributed by atoms with Crippen molar-refractivity contribution < 1.29 is 9.68 Å². The molecule has 2 aromatic carbocycles. The Morgan fingerprint density at radius 2 is 0.947 bits per heavy atom. The average Bonchev–Trinajstić information content (AvgIpc) is 2.43. The minimum Gasteiger partial charge on any atom is -0.300 e. The van der Waals surface area contributed by atoms with Gasteiger partial charge < -0.3 is 0 Å². The van der Waals surface area contributed by atoms with E-state index < -0.39 is 0 Å². The summed E-state index contributed by atoms with van der Waals surface area (Å²) in [6.45, 7) is 0.974. The Morgan fingerprint density at radius 1 is 0.632 bits per heavy atom. The first-order valence-electron chi connectivity index (χ1n) is 5.58. The molecule has 0 aliphatic carbocycles. The van der Waals surface area contributed by atoms with E-state index in [0.29, 0.717) is 13.2 Å². The maximum Gasteiger partial charge on any atom is 0.0930 e. The van der Waals surface area contributed by atoms with Gasteiger partial charge in [-0.1, -0.05) is 60.7 Å². The summed E-state index contributed by atoms with van der Waals surface area (Å²) in [6, 6.07) is 19.6. The van der Waals surface area contributed by atoms with Crippen LogP contribution in [-0.4, -0.2) is 0 Å². The molecule has 0 radical (unpaired) electrons. The van der Waals surface area contributed by atoms with Crippen LogP contribution in [0.25, 0.3) is 0 Å². The van der Waals surface area contributed by atoms with Gasteiger partial charge in [0.2, 0.25) is 0 Å². The van der Waals surface area contributed by atoms with Crippen LogP contribution in [0.3, 0.4) is 0 Å². The van der Waals surface area contributed by atoms with E-state index >= 15 is 0 Å². The van der Waals surface area contributed by atoms with Crippen LogP contribution in [0.15, 0.2) is 60.7 Å². The summed E-state index contributed by atoms with van der Waals surface area (Å²) in [4.78, 5) is 8.86. The molecule has 0 fully saturated rings. The predicted molar refractivity (Wildman–Crippen MR) is 78.1 cm³/mol. The van der Waals surface area contributed by atoms with Crippen LogP contribution in [0.2, 0.25) is 0 Å². The van der Waals surface area contributed by atoms with Crippen LogP contribution in [0.4, 0.5) is 0 Å². The van der Waals surface area contributed by atoms with E-state index in [1.807, 2.05) is 60.7 Å². The highest BCUT2D eigenvalue weighted by molar-refractivity contribution is 5.85. The Labute approximate surface area is 119 Å². The van der Waals surface area contributed by atoms with Crippen molar-refractivity contribution in [1.29, 1.82) is 0 Å². The Bertz CT molecular complexity index is 371. The second-order valence-corrected chi connectivity index (χ2v) is 3.59. The Hall–Kier alpha value is -1.43. The van der Waals surface area contributed by atoms with Crippen LogP contribution in [0.5, 0.6) is 0 Å². The molecule has 0 atom stereocenters. The van der Waals surface area contributed by atoms with E-state index in [9.17, 15) is 0 Å². The molecule has 0 spiro atoms. The Morgan fingerprint density at radius 3 is 1.21 bits per heavy atom. The molecule has 0 saturated heterocycles. The van der Waals surface area contributed by atoms with Crippen LogP contribution in [0.1, 0.15) is 11.1 Å².